The van der Waals surface area contributed by atoms with Crippen molar-refractivity contribution in [1.82, 2.24) is 14.5 Å². The van der Waals surface area contributed by atoms with Crippen molar-refractivity contribution < 1.29 is 13.2 Å². The number of amides is 1. The molecule has 0 bridgehead atoms. The van der Waals surface area contributed by atoms with E-state index in [9.17, 15) is 13.2 Å². The molecule has 1 amide bonds. The first-order valence-electron chi connectivity index (χ1n) is 11.4. The second kappa shape index (κ2) is 10.1. The zero-order valence-electron chi connectivity index (χ0n) is 18.7. The molecule has 0 radical (unpaired) electrons. The largest absolute Gasteiger partial charge is 0.312 e. The van der Waals surface area contributed by atoms with E-state index in [1.807, 2.05) is 13.0 Å². The SMILES string of the molecule is CCC(=O)N1CCc2cc(S(=O)(=O)NCCN3CCN(Cc4ccccc4)CC3)ccc21. The lowest BCUT2D eigenvalue weighted by molar-refractivity contribution is -0.118. The van der Waals surface area contributed by atoms with E-state index in [-0.39, 0.29) is 10.8 Å². The van der Waals surface area contributed by atoms with Gasteiger partial charge in [-0.2, -0.15) is 0 Å². The van der Waals surface area contributed by atoms with Crippen LogP contribution in [0.2, 0.25) is 0 Å². The number of anilines is 1. The van der Waals surface area contributed by atoms with Crippen LogP contribution >= 0.6 is 0 Å². The van der Waals surface area contributed by atoms with Gasteiger partial charge < -0.3 is 4.90 Å². The van der Waals surface area contributed by atoms with Crippen molar-refractivity contribution in [3.63, 3.8) is 0 Å². The molecule has 2 aliphatic heterocycles. The summed E-state index contributed by atoms with van der Waals surface area (Å²) in [4.78, 5) is 18.8. The molecule has 0 spiro atoms. The van der Waals surface area contributed by atoms with E-state index in [2.05, 4.69) is 38.8 Å². The average Bonchev–Trinajstić information content (AvgIpc) is 3.24. The summed E-state index contributed by atoms with van der Waals surface area (Å²) in [6, 6.07) is 15.6. The fourth-order valence-electron chi connectivity index (χ4n) is 4.43. The third-order valence-corrected chi connectivity index (χ3v) is 7.75. The minimum atomic E-state index is -3.57. The van der Waals surface area contributed by atoms with Gasteiger partial charge >= 0.3 is 0 Å². The Labute approximate surface area is 191 Å². The molecule has 2 aromatic carbocycles. The fourth-order valence-corrected chi connectivity index (χ4v) is 5.50. The first kappa shape index (κ1) is 22.9. The van der Waals surface area contributed by atoms with E-state index >= 15 is 0 Å². The highest BCUT2D eigenvalue weighted by molar-refractivity contribution is 7.89. The van der Waals surface area contributed by atoms with Crippen LogP contribution in [0.25, 0.3) is 0 Å². The van der Waals surface area contributed by atoms with Gasteiger partial charge in [0.25, 0.3) is 0 Å². The molecule has 2 aromatic rings. The van der Waals surface area contributed by atoms with Crippen LogP contribution in [-0.2, 0) is 27.8 Å². The molecule has 1 saturated heterocycles. The van der Waals surface area contributed by atoms with Gasteiger partial charge in [-0.05, 0) is 35.7 Å². The van der Waals surface area contributed by atoms with Crippen LogP contribution in [0, 0.1) is 0 Å². The van der Waals surface area contributed by atoms with Crippen molar-refractivity contribution in [3.8, 4) is 0 Å². The lowest BCUT2D eigenvalue weighted by atomic mass is 10.2. The number of piperazine rings is 1. The number of fused-ring (bicyclic) bond motifs is 1. The number of sulfonamides is 1. The summed E-state index contributed by atoms with van der Waals surface area (Å²) in [7, 11) is -3.57. The standard InChI is InChI=1S/C24H32N4O3S/c1-2-24(29)28-12-10-21-18-22(8-9-23(21)28)32(30,31)25-11-13-26-14-16-27(17-15-26)19-20-6-4-3-5-7-20/h3-9,18,25H,2,10-17,19H2,1H3. The lowest BCUT2D eigenvalue weighted by Gasteiger charge is -2.34. The van der Waals surface area contributed by atoms with Gasteiger partial charge in [0.1, 0.15) is 0 Å². The summed E-state index contributed by atoms with van der Waals surface area (Å²) >= 11 is 0. The summed E-state index contributed by atoms with van der Waals surface area (Å²) in [5.74, 6) is 0.0707. The highest BCUT2D eigenvalue weighted by Crippen LogP contribution is 2.30. The van der Waals surface area contributed by atoms with Crippen LogP contribution in [0.5, 0.6) is 0 Å². The van der Waals surface area contributed by atoms with E-state index < -0.39 is 10.0 Å². The van der Waals surface area contributed by atoms with E-state index in [0.29, 0.717) is 32.5 Å². The molecular weight excluding hydrogens is 424 g/mol. The molecule has 0 aromatic heterocycles. The summed E-state index contributed by atoms with van der Waals surface area (Å²) in [5.41, 5.74) is 3.08. The van der Waals surface area contributed by atoms with Crippen LogP contribution < -0.4 is 9.62 Å². The van der Waals surface area contributed by atoms with Gasteiger partial charge in [-0.25, -0.2) is 13.1 Å². The van der Waals surface area contributed by atoms with Gasteiger partial charge in [0, 0.05) is 64.5 Å². The molecule has 0 unspecified atom stereocenters. The van der Waals surface area contributed by atoms with Gasteiger partial charge in [-0.15, -0.1) is 0 Å². The first-order chi connectivity index (χ1) is 15.5. The zero-order chi connectivity index (χ0) is 22.6. The third-order valence-electron chi connectivity index (χ3n) is 6.29. The summed E-state index contributed by atoms with van der Waals surface area (Å²) < 4.78 is 28.3. The smallest absolute Gasteiger partial charge is 0.240 e. The number of carbonyl (C=O) groups excluding carboxylic acids is 1. The van der Waals surface area contributed by atoms with Gasteiger partial charge in [0.2, 0.25) is 15.9 Å². The fraction of sp³-hybridized carbons (Fsp3) is 0.458. The molecule has 8 heteroatoms. The van der Waals surface area contributed by atoms with E-state index in [1.165, 1.54) is 5.56 Å². The Balaban J connectivity index is 1.25. The number of nitrogens with one attached hydrogen (secondary N) is 1. The zero-order valence-corrected chi connectivity index (χ0v) is 19.5. The number of nitrogens with zero attached hydrogens (tertiary/aromatic N) is 3. The van der Waals surface area contributed by atoms with Crippen molar-refractivity contribution in [3.05, 3.63) is 59.7 Å². The maximum Gasteiger partial charge on any atom is 0.240 e. The molecular formula is C24H32N4O3S. The molecule has 172 valence electrons. The van der Waals surface area contributed by atoms with Crippen molar-refractivity contribution >= 4 is 21.6 Å². The first-order valence-corrected chi connectivity index (χ1v) is 12.9. The van der Waals surface area contributed by atoms with E-state index in [0.717, 1.165) is 44.0 Å². The quantitative estimate of drug-likeness (QED) is 0.659. The predicted octanol–water partition coefficient (Wildman–Crippen LogP) is 2.08. The predicted molar refractivity (Wildman–Crippen MR) is 126 cm³/mol. The van der Waals surface area contributed by atoms with E-state index in [4.69, 9.17) is 0 Å². The monoisotopic (exact) mass is 456 g/mol. The molecule has 0 aliphatic carbocycles. The molecule has 0 atom stereocenters. The summed E-state index contributed by atoms with van der Waals surface area (Å²) in [6.07, 6.45) is 1.14. The van der Waals surface area contributed by atoms with Crippen LogP contribution in [0.15, 0.2) is 53.4 Å². The Morgan fingerprint density at radius 1 is 0.969 bits per heavy atom. The highest BCUT2D eigenvalue weighted by atomic mass is 32.2. The third kappa shape index (κ3) is 5.38. The summed E-state index contributed by atoms with van der Waals surface area (Å²) in [5, 5.41) is 0. The number of carbonyl (C=O) groups is 1. The van der Waals surface area contributed by atoms with Crippen molar-refractivity contribution in [2.45, 2.75) is 31.2 Å². The van der Waals surface area contributed by atoms with Crippen molar-refractivity contribution in [2.24, 2.45) is 0 Å². The Morgan fingerprint density at radius 2 is 1.69 bits per heavy atom. The van der Waals surface area contributed by atoms with Crippen LogP contribution in [0.1, 0.15) is 24.5 Å². The van der Waals surface area contributed by atoms with E-state index in [1.54, 1.807) is 23.1 Å². The summed E-state index contributed by atoms with van der Waals surface area (Å²) in [6.45, 7) is 8.35. The molecule has 2 aliphatic rings. The Kier molecular flexibility index (Phi) is 7.25. The maximum absolute atomic E-state index is 12.8. The molecule has 4 rings (SSSR count). The number of hydrogen-bond donors (Lipinski definition) is 1. The van der Waals surface area contributed by atoms with Gasteiger partial charge in [-0.3, -0.25) is 14.6 Å². The Hall–Kier alpha value is -2.26. The lowest BCUT2D eigenvalue weighted by Crippen LogP contribution is -2.48. The topological polar surface area (TPSA) is 73.0 Å². The van der Waals surface area contributed by atoms with Crippen LogP contribution in [0.4, 0.5) is 5.69 Å². The maximum atomic E-state index is 12.8. The van der Waals surface area contributed by atoms with Gasteiger partial charge in [0.05, 0.1) is 4.90 Å². The Morgan fingerprint density at radius 3 is 2.41 bits per heavy atom. The molecule has 7 nitrogen and oxygen atoms in total. The molecule has 1 fully saturated rings. The van der Waals surface area contributed by atoms with Crippen molar-refractivity contribution in [2.75, 3.05) is 50.7 Å². The molecule has 32 heavy (non-hydrogen) atoms. The van der Waals surface area contributed by atoms with Gasteiger partial charge in [-0.1, -0.05) is 37.3 Å². The number of rotatable bonds is 8. The normalized spacial score (nSPS) is 17.5. The minimum Gasteiger partial charge on any atom is -0.312 e. The van der Waals surface area contributed by atoms with Crippen LogP contribution in [-0.4, -0.2) is 69.9 Å². The average molecular weight is 457 g/mol. The second-order valence-electron chi connectivity index (χ2n) is 8.44. The second-order valence-corrected chi connectivity index (χ2v) is 10.2. The molecule has 1 N–H and O–H groups in total. The number of hydrogen-bond acceptors (Lipinski definition) is 5. The highest BCUT2D eigenvalue weighted by Gasteiger charge is 2.26. The minimum absolute atomic E-state index is 0.0707. The van der Waals surface area contributed by atoms with Crippen molar-refractivity contribution in [1.29, 1.82) is 0 Å². The Bertz CT molecular complexity index is 1030. The van der Waals surface area contributed by atoms with Gasteiger partial charge in [0.15, 0.2) is 0 Å². The van der Waals surface area contributed by atoms with Crippen LogP contribution in [0.3, 0.4) is 0 Å². The molecule has 0 saturated carbocycles. The molecule has 2 heterocycles. The number of benzene rings is 2.